The van der Waals surface area contributed by atoms with Crippen LogP contribution in [0.5, 0.6) is 11.8 Å². The lowest BCUT2D eigenvalue weighted by Crippen LogP contribution is -2.22. The molecule has 2 aromatic rings. The van der Waals surface area contributed by atoms with Gasteiger partial charge in [0.2, 0.25) is 11.8 Å². The highest BCUT2D eigenvalue weighted by Crippen LogP contribution is 2.34. The van der Waals surface area contributed by atoms with Crippen molar-refractivity contribution in [2.45, 2.75) is 6.18 Å². The number of methoxy groups -OCH3 is 2. The van der Waals surface area contributed by atoms with E-state index in [1.165, 1.54) is 26.4 Å². The van der Waals surface area contributed by atoms with Gasteiger partial charge in [-0.05, 0) is 6.07 Å². The Morgan fingerprint density at radius 3 is 2.42 bits per heavy atom. The van der Waals surface area contributed by atoms with Crippen LogP contribution in [0.3, 0.4) is 0 Å². The normalized spacial score (nSPS) is 11.1. The molecule has 0 aliphatic heterocycles. The third-order valence-electron chi connectivity index (χ3n) is 2.94. The number of aromatic nitrogens is 3. The molecule has 11 heteroatoms. The predicted octanol–water partition coefficient (Wildman–Crippen LogP) is 2.50. The molecule has 2 aromatic heterocycles. The lowest BCUT2D eigenvalue weighted by atomic mass is 10.3. The molecular formula is C13H14F3N5O3. The molecule has 0 saturated carbocycles. The number of aryl methyl sites for hydroxylation is 1. The first kappa shape index (κ1) is 17.4. The average Bonchev–Trinajstić information content (AvgIpc) is 2.88. The van der Waals surface area contributed by atoms with E-state index in [-0.39, 0.29) is 17.4 Å². The Bertz CT molecular complexity index is 745. The number of urea groups is 1. The molecule has 2 amide bonds. The maximum absolute atomic E-state index is 12.9. The summed E-state index contributed by atoms with van der Waals surface area (Å²) in [6.07, 6.45) is -3.75. The molecule has 2 N–H and O–H groups in total. The van der Waals surface area contributed by atoms with Crippen molar-refractivity contribution in [3.63, 3.8) is 0 Å². The van der Waals surface area contributed by atoms with Gasteiger partial charge in [0, 0.05) is 13.1 Å². The molecule has 0 saturated heterocycles. The van der Waals surface area contributed by atoms with Crippen molar-refractivity contribution in [1.82, 2.24) is 14.8 Å². The number of nitrogens with zero attached hydrogens (tertiary/aromatic N) is 3. The number of carbonyl (C=O) groups excluding carboxylic acids is 1. The zero-order chi connectivity index (χ0) is 17.9. The van der Waals surface area contributed by atoms with Gasteiger partial charge in [0.05, 0.1) is 26.1 Å². The fourth-order valence-electron chi connectivity index (χ4n) is 1.93. The van der Waals surface area contributed by atoms with Crippen molar-refractivity contribution >= 4 is 17.4 Å². The third kappa shape index (κ3) is 3.67. The Kier molecular flexibility index (Phi) is 4.81. The minimum atomic E-state index is -4.66. The molecule has 130 valence electrons. The Morgan fingerprint density at radius 1 is 1.17 bits per heavy atom. The maximum Gasteiger partial charge on any atom is 0.435 e. The molecule has 2 heterocycles. The van der Waals surface area contributed by atoms with Crippen LogP contribution in [0, 0.1) is 0 Å². The molecule has 8 nitrogen and oxygen atoms in total. The van der Waals surface area contributed by atoms with Crippen LogP contribution in [-0.4, -0.2) is 35.0 Å². The molecule has 0 radical (unpaired) electrons. The van der Waals surface area contributed by atoms with Gasteiger partial charge in [0.25, 0.3) is 0 Å². The zero-order valence-corrected chi connectivity index (χ0v) is 12.9. The number of hydrogen-bond acceptors (Lipinski definition) is 5. The van der Waals surface area contributed by atoms with E-state index < -0.39 is 23.6 Å². The Hall–Kier alpha value is -2.98. The summed E-state index contributed by atoms with van der Waals surface area (Å²) in [5.41, 5.74) is -1.38. The number of anilines is 2. The summed E-state index contributed by atoms with van der Waals surface area (Å²) in [5, 5.41) is 7.95. The summed E-state index contributed by atoms with van der Waals surface area (Å²) in [7, 11) is 3.86. The van der Waals surface area contributed by atoms with E-state index in [9.17, 15) is 18.0 Å². The minimum absolute atomic E-state index is 0.0479. The molecule has 0 unspecified atom stereocenters. The van der Waals surface area contributed by atoms with Crippen LogP contribution >= 0.6 is 0 Å². The average molecular weight is 345 g/mol. The number of halogens is 3. The van der Waals surface area contributed by atoms with Crippen LogP contribution in [0.1, 0.15) is 5.69 Å². The van der Waals surface area contributed by atoms with Gasteiger partial charge in [-0.25, -0.2) is 4.79 Å². The maximum atomic E-state index is 12.9. The monoisotopic (exact) mass is 345 g/mol. The first-order chi connectivity index (χ1) is 11.3. The van der Waals surface area contributed by atoms with E-state index in [4.69, 9.17) is 9.47 Å². The fourth-order valence-corrected chi connectivity index (χ4v) is 1.93. The molecule has 0 spiro atoms. The van der Waals surface area contributed by atoms with Crippen LogP contribution in [0.2, 0.25) is 0 Å². The molecular weight excluding hydrogens is 331 g/mol. The first-order valence-corrected chi connectivity index (χ1v) is 6.52. The molecule has 0 aromatic carbocycles. The number of ether oxygens (including phenoxy) is 2. The van der Waals surface area contributed by atoms with E-state index >= 15 is 0 Å². The quantitative estimate of drug-likeness (QED) is 0.888. The van der Waals surface area contributed by atoms with E-state index in [1.807, 2.05) is 0 Å². The number of hydrogen-bond donors (Lipinski definition) is 2. The lowest BCUT2D eigenvalue weighted by Gasteiger charge is -2.13. The number of amides is 2. The van der Waals surface area contributed by atoms with E-state index in [0.717, 1.165) is 13.2 Å². The Labute approximate surface area is 134 Å². The third-order valence-corrected chi connectivity index (χ3v) is 2.94. The van der Waals surface area contributed by atoms with Gasteiger partial charge in [-0.3, -0.25) is 4.68 Å². The summed E-state index contributed by atoms with van der Waals surface area (Å²) in [4.78, 5) is 15.9. The second-order valence-corrected chi connectivity index (χ2v) is 4.52. The molecule has 0 atom stereocenters. The number of rotatable bonds is 4. The summed E-state index contributed by atoms with van der Waals surface area (Å²) < 4.78 is 49.4. The van der Waals surface area contributed by atoms with Gasteiger partial charge in [-0.2, -0.15) is 23.3 Å². The van der Waals surface area contributed by atoms with Crippen LogP contribution in [0.4, 0.5) is 29.3 Å². The van der Waals surface area contributed by atoms with Gasteiger partial charge in [0.1, 0.15) is 5.69 Å². The van der Waals surface area contributed by atoms with Crippen molar-refractivity contribution < 1.29 is 27.4 Å². The summed E-state index contributed by atoms with van der Waals surface area (Å²) in [6, 6.07) is 2.00. The zero-order valence-electron chi connectivity index (χ0n) is 12.9. The minimum Gasteiger partial charge on any atom is -0.481 e. The number of pyridine rings is 1. The predicted molar refractivity (Wildman–Crippen MR) is 78.2 cm³/mol. The SMILES string of the molecule is COc1ccc(NC(=O)Nc2cnn(C)c2C(F)(F)F)c(OC)n1. The van der Waals surface area contributed by atoms with E-state index in [0.29, 0.717) is 4.68 Å². The highest BCUT2D eigenvalue weighted by Gasteiger charge is 2.38. The van der Waals surface area contributed by atoms with Crippen molar-refractivity contribution in [3.8, 4) is 11.8 Å². The summed E-state index contributed by atoms with van der Waals surface area (Å²) in [5.74, 6) is 0.302. The molecule has 24 heavy (non-hydrogen) atoms. The van der Waals surface area contributed by atoms with Crippen molar-refractivity contribution in [2.75, 3.05) is 24.9 Å². The topological polar surface area (TPSA) is 90.3 Å². The Morgan fingerprint density at radius 2 is 1.83 bits per heavy atom. The molecule has 0 aliphatic carbocycles. The van der Waals surface area contributed by atoms with Crippen molar-refractivity contribution in [1.29, 1.82) is 0 Å². The number of nitrogens with one attached hydrogen (secondary N) is 2. The molecule has 0 fully saturated rings. The van der Waals surface area contributed by atoms with Crippen LogP contribution in [0.25, 0.3) is 0 Å². The highest BCUT2D eigenvalue weighted by atomic mass is 19.4. The molecule has 0 aliphatic rings. The molecule has 0 bridgehead atoms. The van der Waals surface area contributed by atoms with Crippen LogP contribution in [0.15, 0.2) is 18.3 Å². The second kappa shape index (κ2) is 6.64. The highest BCUT2D eigenvalue weighted by molar-refractivity contribution is 6.00. The standard InChI is InChI=1S/C13H14F3N5O3/c1-21-10(13(14,15)16)8(6-17-21)19-12(22)18-7-4-5-9(23-2)20-11(7)24-3/h4-6H,1-3H3,(H2,18,19,22). The van der Waals surface area contributed by atoms with Gasteiger partial charge < -0.3 is 20.1 Å². The fraction of sp³-hybridized carbons (Fsp3) is 0.308. The van der Waals surface area contributed by atoms with Gasteiger partial charge in [-0.1, -0.05) is 0 Å². The number of alkyl halides is 3. The summed E-state index contributed by atoms with van der Waals surface area (Å²) >= 11 is 0. The molecule has 2 rings (SSSR count). The lowest BCUT2D eigenvalue weighted by molar-refractivity contribution is -0.143. The van der Waals surface area contributed by atoms with Crippen LogP contribution in [-0.2, 0) is 13.2 Å². The number of carbonyl (C=O) groups is 1. The smallest absolute Gasteiger partial charge is 0.435 e. The van der Waals surface area contributed by atoms with Gasteiger partial charge in [-0.15, -0.1) is 0 Å². The van der Waals surface area contributed by atoms with E-state index in [2.05, 4.69) is 20.7 Å². The largest absolute Gasteiger partial charge is 0.481 e. The van der Waals surface area contributed by atoms with Crippen LogP contribution < -0.4 is 20.1 Å². The second-order valence-electron chi connectivity index (χ2n) is 4.52. The Balaban J connectivity index is 2.18. The van der Waals surface area contributed by atoms with Gasteiger partial charge in [0.15, 0.2) is 5.69 Å². The first-order valence-electron chi connectivity index (χ1n) is 6.52. The van der Waals surface area contributed by atoms with Crippen molar-refractivity contribution in [3.05, 3.63) is 24.0 Å². The van der Waals surface area contributed by atoms with Gasteiger partial charge >= 0.3 is 12.2 Å². The van der Waals surface area contributed by atoms with Crippen molar-refractivity contribution in [2.24, 2.45) is 7.05 Å². The summed E-state index contributed by atoms with van der Waals surface area (Å²) in [6.45, 7) is 0. The van der Waals surface area contributed by atoms with E-state index in [1.54, 1.807) is 0 Å².